The van der Waals surface area contributed by atoms with Gasteiger partial charge in [0.2, 0.25) is 0 Å². The highest BCUT2D eigenvalue weighted by Crippen LogP contribution is 2.18. The highest BCUT2D eigenvalue weighted by Gasteiger charge is 2.19. The Kier molecular flexibility index (Phi) is 4.83. The van der Waals surface area contributed by atoms with Gasteiger partial charge in [-0.1, -0.05) is 18.2 Å². The molecule has 2 saturated heterocycles. The van der Waals surface area contributed by atoms with Gasteiger partial charge in [-0.05, 0) is 31.4 Å². The number of aliphatic hydroxyl groups is 1. The summed E-state index contributed by atoms with van der Waals surface area (Å²) in [6.07, 6.45) is 4.31. The van der Waals surface area contributed by atoms with Crippen molar-refractivity contribution in [3.63, 3.8) is 0 Å². The maximum Gasteiger partial charge on any atom is 0.104 e. The molecule has 1 atom stereocenters. The van der Waals surface area contributed by atoms with Crippen LogP contribution in [0.2, 0.25) is 0 Å². The quantitative estimate of drug-likeness (QED) is 0.797. The summed E-state index contributed by atoms with van der Waals surface area (Å²) in [5, 5.41) is 8.08. The number of benzene rings is 1. The summed E-state index contributed by atoms with van der Waals surface area (Å²) >= 11 is 0. The minimum Gasteiger partial charge on any atom is -0.394 e. The predicted octanol–water partition coefficient (Wildman–Crippen LogP) is 2.05. The van der Waals surface area contributed by atoms with Crippen LogP contribution in [0.3, 0.4) is 0 Å². The largest absolute Gasteiger partial charge is 0.394 e. The molecule has 2 aliphatic rings. The standard InChI is InChI=1S/C11H15N.C3H6O2/c1-3-7-11(8-4-1)12-9-5-2-6-10-12;4-1-3-2-5-3/h1,3-4,7-8H,2,5-6,9-10H2;3-4H,1-2H2. The van der Waals surface area contributed by atoms with Gasteiger partial charge in [-0.3, -0.25) is 0 Å². The summed E-state index contributed by atoms with van der Waals surface area (Å²) in [6, 6.07) is 10.7. The summed E-state index contributed by atoms with van der Waals surface area (Å²) in [7, 11) is 0. The van der Waals surface area contributed by atoms with E-state index in [1.807, 2.05) is 0 Å². The van der Waals surface area contributed by atoms with Crippen LogP contribution in [0, 0.1) is 0 Å². The fourth-order valence-electron chi connectivity index (χ4n) is 1.96. The molecule has 17 heavy (non-hydrogen) atoms. The normalized spacial score (nSPS) is 22.6. The van der Waals surface area contributed by atoms with E-state index in [0.29, 0.717) is 0 Å². The van der Waals surface area contributed by atoms with Crippen molar-refractivity contribution in [3.8, 4) is 0 Å². The van der Waals surface area contributed by atoms with E-state index in [9.17, 15) is 0 Å². The number of aliphatic hydroxyl groups excluding tert-OH is 1. The van der Waals surface area contributed by atoms with Crippen molar-refractivity contribution in [2.45, 2.75) is 25.4 Å². The lowest BCUT2D eigenvalue weighted by Gasteiger charge is -2.28. The van der Waals surface area contributed by atoms with Crippen LogP contribution in [0.1, 0.15) is 19.3 Å². The molecular formula is C14H21NO2. The zero-order valence-electron chi connectivity index (χ0n) is 10.2. The Hall–Kier alpha value is -1.06. The van der Waals surface area contributed by atoms with E-state index in [1.54, 1.807) is 0 Å². The number of nitrogens with zero attached hydrogens (tertiary/aromatic N) is 1. The molecule has 1 aromatic carbocycles. The molecule has 0 radical (unpaired) electrons. The summed E-state index contributed by atoms with van der Waals surface area (Å²) in [5.74, 6) is 0. The lowest BCUT2D eigenvalue weighted by molar-refractivity contribution is 0.244. The van der Waals surface area contributed by atoms with Crippen molar-refractivity contribution >= 4 is 5.69 Å². The average Bonchev–Trinajstić information content (AvgIpc) is 3.25. The topological polar surface area (TPSA) is 36.0 Å². The minimum absolute atomic E-state index is 0.190. The van der Waals surface area contributed by atoms with E-state index in [-0.39, 0.29) is 12.7 Å². The molecule has 2 fully saturated rings. The molecule has 3 rings (SSSR count). The molecule has 2 aliphatic heterocycles. The first kappa shape index (κ1) is 12.4. The Bertz CT molecular complexity index is 305. The first-order valence-electron chi connectivity index (χ1n) is 6.42. The maximum absolute atomic E-state index is 8.08. The van der Waals surface area contributed by atoms with Crippen LogP contribution in [0.25, 0.3) is 0 Å². The first-order valence-corrected chi connectivity index (χ1v) is 6.42. The molecule has 1 unspecified atom stereocenters. The number of hydrogen-bond acceptors (Lipinski definition) is 3. The van der Waals surface area contributed by atoms with Gasteiger partial charge in [-0.2, -0.15) is 0 Å². The van der Waals surface area contributed by atoms with Crippen LogP contribution in [0.5, 0.6) is 0 Å². The Morgan fingerprint density at radius 1 is 1.12 bits per heavy atom. The lowest BCUT2D eigenvalue weighted by atomic mass is 10.1. The summed E-state index contributed by atoms with van der Waals surface area (Å²) in [5.41, 5.74) is 1.39. The molecule has 0 amide bonds. The monoisotopic (exact) mass is 235 g/mol. The van der Waals surface area contributed by atoms with Gasteiger partial charge in [0, 0.05) is 18.8 Å². The fraction of sp³-hybridized carbons (Fsp3) is 0.571. The Morgan fingerprint density at radius 2 is 1.76 bits per heavy atom. The Labute approximate surface area is 103 Å². The van der Waals surface area contributed by atoms with Crippen LogP contribution in [-0.2, 0) is 4.74 Å². The molecule has 94 valence electrons. The molecular weight excluding hydrogens is 214 g/mol. The lowest BCUT2D eigenvalue weighted by Crippen LogP contribution is -2.29. The third-order valence-electron chi connectivity index (χ3n) is 3.08. The number of piperidine rings is 1. The number of epoxide rings is 1. The van der Waals surface area contributed by atoms with Gasteiger partial charge in [0.05, 0.1) is 13.2 Å². The second-order valence-corrected chi connectivity index (χ2v) is 4.52. The Morgan fingerprint density at radius 3 is 2.24 bits per heavy atom. The third-order valence-corrected chi connectivity index (χ3v) is 3.08. The van der Waals surface area contributed by atoms with E-state index < -0.39 is 0 Å². The maximum atomic E-state index is 8.08. The van der Waals surface area contributed by atoms with Crippen LogP contribution in [0.15, 0.2) is 30.3 Å². The summed E-state index contributed by atoms with van der Waals surface area (Å²) in [4.78, 5) is 2.48. The SMILES string of the molecule is OCC1CO1.c1ccc(N2CCCCC2)cc1. The van der Waals surface area contributed by atoms with Crippen molar-refractivity contribution < 1.29 is 9.84 Å². The molecule has 0 spiro atoms. The van der Waals surface area contributed by atoms with Crippen LogP contribution in [-0.4, -0.2) is 37.5 Å². The van der Waals surface area contributed by atoms with Crippen molar-refractivity contribution in [3.05, 3.63) is 30.3 Å². The molecule has 3 heteroatoms. The summed E-state index contributed by atoms with van der Waals surface area (Å²) < 4.78 is 4.61. The smallest absolute Gasteiger partial charge is 0.104 e. The number of rotatable bonds is 2. The molecule has 0 aliphatic carbocycles. The fourth-order valence-corrected chi connectivity index (χ4v) is 1.96. The number of hydrogen-bond donors (Lipinski definition) is 1. The van der Waals surface area contributed by atoms with Gasteiger partial charge in [0.1, 0.15) is 6.10 Å². The molecule has 2 heterocycles. The average molecular weight is 235 g/mol. The van der Waals surface area contributed by atoms with Crippen LogP contribution >= 0.6 is 0 Å². The van der Waals surface area contributed by atoms with Crippen molar-refractivity contribution in [2.24, 2.45) is 0 Å². The summed E-state index contributed by atoms with van der Waals surface area (Å²) in [6.45, 7) is 3.44. The number of anilines is 1. The molecule has 1 aromatic rings. The zero-order chi connectivity index (χ0) is 11.9. The van der Waals surface area contributed by atoms with E-state index in [4.69, 9.17) is 5.11 Å². The predicted molar refractivity (Wildman–Crippen MR) is 69.3 cm³/mol. The highest BCUT2D eigenvalue weighted by atomic mass is 16.6. The second-order valence-electron chi connectivity index (χ2n) is 4.52. The number of ether oxygens (including phenoxy) is 1. The van der Waals surface area contributed by atoms with Crippen molar-refractivity contribution in [1.82, 2.24) is 0 Å². The van der Waals surface area contributed by atoms with E-state index in [2.05, 4.69) is 40.0 Å². The number of para-hydroxylation sites is 1. The molecule has 0 saturated carbocycles. The van der Waals surface area contributed by atoms with Gasteiger partial charge in [-0.25, -0.2) is 0 Å². The van der Waals surface area contributed by atoms with E-state index >= 15 is 0 Å². The first-order chi connectivity index (χ1) is 8.40. The van der Waals surface area contributed by atoms with E-state index in [0.717, 1.165) is 6.61 Å². The Balaban J connectivity index is 0.000000181. The van der Waals surface area contributed by atoms with Crippen molar-refractivity contribution in [1.29, 1.82) is 0 Å². The van der Waals surface area contributed by atoms with Crippen molar-refractivity contribution in [2.75, 3.05) is 31.2 Å². The van der Waals surface area contributed by atoms with E-state index in [1.165, 1.54) is 38.0 Å². The van der Waals surface area contributed by atoms with Gasteiger partial charge in [-0.15, -0.1) is 0 Å². The van der Waals surface area contributed by atoms with Gasteiger partial charge in [0.15, 0.2) is 0 Å². The van der Waals surface area contributed by atoms with Gasteiger partial charge in [0.25, 0.3) is 0 Å². The van der Waals surface area contributed by atoms with Crippen LogP contribution < -0.4 is 4.90 Å². The minimum atomic E-state index is 0.190. The molecule has 3 nitrogen and oxygen atoms in total. The second kappa shape index (κ2) is 6.62. The van der Waals surface area contributed by atoms with Crippen LogP contribution in [0.4, 0.5) is 5.69 Å². The van der Waals surface area contributed by atoms with Gasteiger partial charge < -0.3 is 14.7 Å². The zero-order valence-corrected chi connectivity index (χ0v) is 10.2. The molecule has 0 aromatic heterocycles. The van der Waals surface area contributed by atoms with Gasteiger partial charge >= 0.3 is 0 Å². The molecule has 1 N–H and O–H groups in total. The third kappa shape index (κ3) is 4.36. The molecule has 0 bridgehead atoms. The highest BCUT2D eigenvalue weighted by molar-refractivity contribution is 5.46.